The van der Waals surface area contributed by atoms with E-state index in [1.54, 1.807) is 29.2 Å². The lowest BCUT2D eigenvalue weighted by Gasteiger charge is -2.33. The number of piperidine rings is 1. The van der Waals surface area contributed by atoms with Gasteiger partial charge in [-0.3, -0.25) is 9.59 Å². The number of likely N-dealkylation sites (tertiary alicyclic amines) is 1. The zero-order chi connectivity index (χ0) is 36.5. The Bertz CT molecular complexity index is 1620. The van der Waals surface area contributed by atoms with Gasteiger partial charge in [0.1, 0.15) is 35.0 Å². The molecule has 3 aromatic rings. The van der Waals surface area contributed by atoms with Crippen molar-refractivity contribution in [3.8, 4) is 11.3 Å². The van der Waals surface area contributed by atoms with Gasteiger partial charge in [0.25, 0.3) is 0 Å². The van der Waals surface area contributed by atoms with Crippen LogP contribution in [0.1, 0.15) is 68.8 Å². The highest BCUT2D eigenvalue weighted by atomic mass is 19.1. The number of anilines is 1. The molecular weight excluding hydrogens is 664 g/mol. The number of nitrogens with zero attached hydrogens (tertiary/aromatic N) is 4. The molecule has 0 saturated carbocycles. The molecule has 0 bridgehead atoms. The number of nitrogens with one attached hydrogen (secondary N) is 5. The SMILES string of the molecule is CNCC(=O)NCCOCCc1ncc(-c2cc(F)c(N3CCC(c4cnc(C5CCCN5C(=O)C(NC(=O)OC)C(C)C)[nH]4)CC3)c(F)c2)[nH]1. The molecule has 4 heterocycles. The average Bonchev–Trinajstić information content (AvgIpc) is 3.90. The highest BCUT2D eigenvalue weighted by Gasteiger charge is 2.38. The first-order chi connectivity index (χ1) is 24.6. The number of carbonyl (C=O) groups is 3. The van der Waals surface area contributed by atoms with Gasteiger partial charge in [-0.1, -0.05) is 13.8 Å². The highest BCUT2D eigenvalue weighted by Crippen LogP contribution is 2.36. The fourth-order valence-corrected chi connectivity index (χ4v) is 6.75. The summed E-state index contributed by atoms with van der Waals surface area (Å²) in [6, 6.07) is 1.70. The first-order valence-electron chi connectivity index (χ1n) is 17.6. The molecule has 2 unspecified atom stereocenters. The Morgan fingerprint density at radius 2 is 1.76 bits per heavy atom. The standard InChI is InChI=1S/C35H49F2N9O5/c1-21(2)31(44-35(49)50-4)34(48)46-11-5-6-28(46)33-41-19-26(43-33)22-7-12-45(13-8-22)32-24(36)16-23(17-25(32)37)27-18-40-29(42-27)9-14-51-15-10-39-30(47)20-38-3/h16-19,21-22,28,31,38H,5-15,20H2,1-4H3,(H,39,47)(H,40,42)(H,41,43)(H,44,49). The van der Waals surface area contributed by atoms with Gasteiger partial charge in [0.15, 0.2) is 0 Å². The van der Waals surface area contributed by atoms with Crippen molar-refractivity contribution in [1.29, 1.82) is 0 Å². The third-order valence-corrected chi connectivity index (χ3v) is 9.45. The molecule has 5 N–H and O–H groups in total. The molecule has 16 heteroatoms. The molecule has 5 rings (SSSR count). The number of halogens is 2. The molecule has 14 nitrogen and oxygen atoms in total. The van der Waals surface area contributed by atoms with Crippen molar-refractivity contribution in [3.63, 3.8) is 0 Å². The van der Waals surface area contributed by atoms with Crippen LogP contribution >= 0.6 is 0 Å². The van der Waals surface area contributed by atoms with E-state index in [2.05, 4.69) is 35.9 Å². The fraction of sp³-hybridized carbons (Fsp3) is 0.571. The molecule has 2 aromatic heterocycles. The molecule has 2 aliphatic rings. The van der Waals surface area contributed by atoms with Gasteiger partial charge in [-0.05, 0) is 50.8 Å². The van der Waals surface area contributed by atoms with Crippen LogP contribution < -0.4 is 20.9 Å². The lowest BCUT2D eigenvalue weighted by Crippen LogP contribution is -2.51. The predicted octanol–water partition coefficient (Wildman–Crippen LogP) is 3.40. The van der Waals surface area contributed by atoms with Gasteiger partial charge >= 0.3 is 6.09 Å². The Kier molecular flexibility index (Phi) is 13.0. The van der Waals surface area contributed by atoms with Crippen molar-refractivity contribution in [2.24, 2.45) is 5.92 Å². The van der Waals surface area contributed by atoms with Crippen molar-refractivity contribution in [1.82, 2.24) is 40.8 Å². The number of H-pyrrole nitrogens is 2. The van der Waals surface area contributed by atoms with Crippen LogP contribution in [0.25, 0.3) is 11.3 Å². The number of imidazole rings is 2. The molecule has 278 valence electrons. The van der Waals surface area contributed by atoms with Gasteiger partial charge in [0.2, 0.25) is 11.8 Å². The van der Waals surface area contributed by atoms with E-state index in [0.717, 1.165) is 18.5 Å². The number of aromatic nitrogens is 4. The predicted molar refractivity (Wildman–Crippen MR) is 186 cm³/mol. The topological polar surface area (TPSA) is 170 Å². The number of rotatable bonds is 15. The second kappa shape index (κ2) is 17.6. The number of hydrogen-bond donors (Lipinski definition) is 5. The molecule has 0 spiro atoms. The Balaban J connectivity index is 1.14. The number of hydrogen-bond acceptors (Lipinski definition) is 9. The van der Waals surface area contributed by atoms with Gasteiger partial charge in [0, 0.05) is 56.0 Å². The lowest BCUT2D eigenvalue weighted by molar-refractivity contribution is -0.135. The summed E-state index contributed by atoms with van der Waals surface area (Å²) in [5, 5.41) is 8.17. The molecule has 2 aliphatic heterocycles. The van der Waals surface area contributed by atoms with E-state index in [0.29, 0.717) is 81.6 Å². The minimum Gasteiger partial charge on any atom is -0.453 e. The second-order valence-corrected chi connectivity index (χ2v) is 13.3. The number of ether oxygens (including phenoxy) is 2. The second-order valence-electron chi connectivity index (χ2n) is 13.3. The summed E-state index contributed by atoms with van der Waals surface area (Å²) in [5.74, 6) is -0.235. The van der Waals surface area contributed by atoms with Crippen molar-refractivity contribution < 1.29 is 32.6 Å². The molecule has 2 saturated heterocycles. The summed E-state index contributed by atoms with van der Waals surface area (Å²) in [7, 11) is 2.97. The maximum atomic E-state index is 15.5. The average molecular weight is 714 g/mol. The van der Waals surface area contributed by atoms with Crippen molar-refractivity contribution in [2.45, 2.75) is 64.0 Å². The molecular formula is C35H49F2N9O5. The van der Waals surface area contributed by atoms with Gasteiger partial charge in [0.05, 0.1) is 44.8 Å². The van der Waals surface area contributed by atoms with Crippen LogP contribution in [0.3, 0.4) is 0 Å². The molecule has 3 amide bonds. The molecule has 51 heavy (non-hydrogen) atoms. The van der Waals surface area contributed by atoms with Crippen LogP contribution in [0.5, 0.6) is 0 Å². The number of aromatic amines is 2. The minimum absolute atomic E-state index is 0.0437. The molecule has 1 aromatic carbocycles. The summed E-state index contributed by atoms with van der Waals surface area (Å²) in [5.41, 5.74) is 1.76. The number of amides is 3. The summed E-state index contributed by atoms with van der Waals surface area (Å²) < 4.78 is 41.2. The third kappa shape index (κ3) is 9.41. The van der Waals surface area contributed by atoms with E-state index in [4.69, 9.17) is 9.47 Å². The zero-order valence-corrected chi connectivity index (χ0v) is 29.7. The van der Waals surface area contributed by atoms with E-state index in [1.165, 1.54) is 19.2 Å². The summed E-state index contributed by atoms with van der Waals surface area (Å²) >= 11 is 0. The number of alkyl carbamates (subject to hydrolysis) is 1. The first kappa shape index (κ1) is 37.7. The molecule has 0 aliphatic carbocycles. The molecule has 0 radical (unpaired) electrons. The van der Waals surface area contributed by atoms with E-state index >= 15 is 8.78 Å². The number of methoxy groups -OCH3 is 1. The van der Waals surface area contributed by atoms with E-state index in [9.17, 15) is 14.4 Å². The van der Waals surface area contributed by atoms with Crippen molar-refractivity contribution in [2.75, 3.05) is 65.0 Å². The minimum atomic E-state index is -0.712. The summed E-state index contributed by atoms with van der Waals surface area (Å²) in [6.07, 6.45) is 6.09. The largest absolute Gasteiger partial charge is 0.453 e. The van der Waals surface area contributed by atoms with E-state index in [-0.39, 0.29) is 41.9 Å². The quantitative estimate of drug-likeness (QED) is 0.148. The Labute approximate surface area is 296 Å². The van der Waals surface area contributed by atoms with Crippen LogP contribution in [0.2, 0.25) is 0 Å². The van der Waals surface area contributed by atoms with Gasteiger partial charge in [-0.25, -0.2) is 23.5 Å². The van der Waals surface area contributed by atoms with Crippen LogP contribution in [-0.2, 0) is 25.5 Å². The molecule has 2 fully saturated rings. The van der Waals surface area contributed by atoms with E-state index in [1.807, 2.05) is 13.8 Å². The van der Waals surface area contributed by atoms with Crippen molar-refractivity contribution in [3.05, 3.63) is 53.5 Å². The molecule has 2 atom stereocenters. The number of carbonyl (C=O) groups excluding carboxylic acids is 3. The van der Waals surface area contributed by atoms with Gasteiger partial charge in [-0.2, -0.15) is 0 Å². The smallest absolute Gasteiger partial charge is 0.407 e. The van der Waals surface area contributed by atoms with Gasteiger partial charge in [-0.15, -0.1) is 0 Å². The summed E-state index contributed by atoms with van der Waals surface area (Å²) in [6.45, 7) is 6.63. The van der Waals surface area contributed by atoms with Crippen LogP contribution in [0.15, 0.2) is 24.5 Å². The van der Waals surface area contributed by atoms with Crippen LogP contribution in [0, 0.1) is 17.6 Å². The number of benzene rings is 1. The maximum absolute atomic E-state index is 15.5. The van der Waals surface area contributed by atoms with Crippen LogP contribution in [0.4, 0.5) is 19.3 Å². The van der Waals surface area contributed by atoms with Crippen molar-refractivity contribution >= 4 is 23.6 Å². The number of likely N-dealkylation sites (N-methyl/N-ethyl adjacent to an activating group) is 1. The normalized spacial score (nSPS) is 17.2. The monoisotopic (exact) mass is 713 g/mol. The third-order valence-electron chi connectivity index (χ3n) is 9.45. The fourth-order valence-electron chi connectivity index (χ4n) is 6.75. The maximum Gasteiger partial charge on any atom is 0.407 e. The lowest BCUT2D eigenvalue weighted by atomic mass is 9.93. The Morgan fingerprint density at radius 1 is 1.02 bits per heavy atom. The van der Waals surface area contributed by atoms with Crippen LogP contribution in [-0.4, -0.2) is 109 Å². The van der Waals surface area contributed by atoms with Gasteiger partial charge < -0.3 is 45.2 Å². The zero-order valence-electron chi connectivity index (χ0n) is 29.7. The summed E-state index contributed by atoms with van der Waals surface area (Å²) in [4.78, 5) is 55.9. The Morgan fingerprint density at radius 3 is 2.45 bits per heavy atom. The highest BCUT2D eigenvalue weighted by molar-refractivity contribution is 5.86. The Hall–Kier alpha value is -4.57. The van der Waals surface area contributed by atoms with E-state index < -0.39 is 23.8 Å². The first-order valence-corrected chi connectivity index (χ1v) is 17.6.